The molecule has 2 N–H and O–H groups in total. The van der Waals surface area contributed by atoms with Crippen LogP contribution in [0.5, 0.6) is 0 Å². The summed E-state index contributed by atoms with van der Waals surface area (Å²) < 4.78 is 5.48. The molecule has 2 unspecified atom stereocenters. The van der Waals surface area contributed by atoms with Gasteiger partial charge in [-0.2, -0.15) is 0 Å². The summed E-state index contributed by atoms with van der Waals surface area (Å²) in [7, 11) is 0. The maximum absolute atomic E-state index is 9.85. The summed E-state index contributed by atoms with van der Waals surface area (Å²) in [6.45, 7) is 2.24. The lowest BCUT2D eigenvalue weighted by atomic mass is 10.1. The number of hydrogen-bond donors (Lipinski definition) is 2. The molecule has 1 aliphatic rings. The third-order valence-electron chi connectivity index (χ3n) is 2.80. The van der Waals surface area contributed by atoms with Gasteiger partial charge in [-0.1, -0.05) is 6.07 Å². The molecule has 0 bridgehead atoms. The Morgan fingerprint density at radius 2 is 2.56 bits per heavy atom. The smallest absolute Gasteiger partial charge is 0.0929 e. The Morgan fingerprint density at radius 1 is 1.62 bits per heavy atom. The van der Waals surface area contributed by atoms with E-state index >= 15 is 0 Å². The maximum Gasteiger partial charge on any atom is 0.0929 e. The second-order valence-corrected chi connectivity index (χ2v) is 4.10. The highest BCUT2D eigenvalue weighted by Crippen LogP contribution is 2.12. The lowest BCUT2D eigenvalue weighted by molar-refractivity contribution is 0.103. The van der Waals surface area contributed by atoms with Gasteiger partial charge in [0.05, 0.1) is 12.2 Å². The molecular formula is C12H18N2O2. The topological polar surface area (TPSA) is 54.4 Å². The molecule has 4 nitrogen and oxygen atoms in total. The van der Waals surface area contributed by atoms with Gasteiger partial charge in [0.1, 0.15) is 0 Å². The SMILES string of the molecule is OC(CNCC1CCCO1)c1cccnc1. The molecule has 16 heavy (non-hydrogen) atoms. The molecule has 0 radical (unpaired) electrons. The van der Waals surface area contributed by atoms with Crippen LogP contribution in [-0.4, -0.2) is 35.9 Å². The van der Waals surface area contributed by atoms with E-state index in [-0.39, 0.29) is 0 Å². The van der Waals surface area contributed by atoms with Crippen molar-refractivity contribution in [3.05, 3.63) is 30.1 Å². The summed E-state index contributed by atoms with van der Waals surface area (Å²) in [6, 6.07) is 3.71. The van der Waals surface area contributed by atoms with Gasteiger partial charge in [0.15, 0.2) is 0 Å². The maximum atomic E-state index is 9.85. The Kier molecular flexibility index (Phi) is 4.27. The number of aliphatic hydroxyl groups excluding tert-OH is 1. The zero-order valence-corrected chi connectivity index (χ0v) is 9.30. The summed E-state index contributed by atoms with van der Waals surface area (Å²) in [5, 5.41) is 13.1. The van der Waals surface area contributed by atoms with Crippen LogP contribution in [-0.2, 0) is 4.74 Å². The molecule has 2 atom stereocenters. The number of aliphatic hydroxyl groups is 1. The van der Waals surface area contributed by atoms with E-state index in [1.807, 2.05) is 12.1 Å². The first-order valence-electron chi connectivity index (χ1n) is 5.76. The minimum atomic E-state index is -0.491. The molecule has 0 aromatic carbocycles. The number of aromatic nitrogens is 1. The number of nitrogens with one attached hydrogen (secondary N) is 1. The van der Waals surface area contributed by atoms with Gasteiger partial charge in [0, 0.05) is 37.7 Å². The van der Waals surface area contributed by atoms with Crippen LogP contribution in [0.2, 0.25) is 0 Å². The molecular weight excluding hydrogens is 204 g/mol. The minimum absolute atomic E-state index is 0.320. The fourth-order valence-corrected chi connectivity index (χ4v) is 1.88. The van der Waals surface area contributed by atoms with Crippen molar-refractivity contribution in [1.29, 1.82) is 0 Å². The number of rotatable bonds is 5. The molecule has 1 aromatic heterocycles. The quantitative estimate of drug-likeness (QED) is 0.776. The predicted octanol–water partition coefficient (Wildman–Crippen LogP) is 0.884. The molecule has 2 rings (SSSR count). The normalized spacial score (nSPS) is 22.2. The van der Waals surface area contributed by atoms with E-state index in [9.17, 15) is 5.11 Å². The zero-order valence-electron chi connectivity index (χ0n) is 9.30. The van der Waals surface area contributed by atoms with Crippen molar-refractivity contribution in [3.8, 4) is 0 Å². The molecule has 88 valence electrons. The van der Waals surface area contributed by atoms with Gasteiger partial charge < -0.3 is 15.2 Å². The van der Waals surface area contributed by atoms with Crippen LogP contribution >= 0.6 is 0 Å². The molecule has 1 aromatic rings. The van der Waals surface area contributed by atoms with Gasteiger partial charge >= 0.3 is 0 Å². The molecule has 0 amide bonds. The van der Waals surface area contributed by atoms with E-state index in [0.29, 0.717) is 12.6 Å². The second kappa shape index (κ2) is 5.94. The summed E-state index contributed by atoms with van der Waals surface area (Å²) in [5.74, 6) is 0. The molecule has 1 aliphatic heterocycles. The summed E-state index contributed by atoms with van der Waals surface area (Å²) >= 11 is 0. The van der Waals surface area contributed by atoms with Gasteiger partial charge in [0.25, 0.3) is 0 Å². The van der Waals surface area contributed by atoms with E-state index in [1.165, 1.54) is 0 Å². The van der Waals surface area contributed by atoms with Crippen molar-refractivity contribution < 1.29 is 9.84 Å². The third-order valence-corrected chi connectivity index (χ3v) is 2.80. The summed E-state index contributed by atoms with van der Waals surface area (Å²) in [4.78, 5) is 3.98. The van der Waals surface area contributed by atoms with E-state index < -0.39 is 6.10 Å². The van der Waals surface area contributed by atoms with Crippen molar-refractivity contribution >= 4 is 0 Å². The highest BCUT2D eigenvalue weighted by molar-refractivity contribution is 5.11. The Hall–Kier alpha value is -0.970. The summed E-state index contributed by atoms with van der Waals surface area (Å²) in [5.41, 5.74) is 0.849. The van der Waals surface area contributed by atoms with Crippen LogP contribution in [0, 0.1) is 0 Å². The predicted molar refractivity (Wildman–Crippen MR) is 61.0 cm³/mol. The Morgan fingerprint density at radius 3 is 3.25 bits per heavy atom. The standard InChI is InChI=1S/C12H18N2O2/c15-12(10-3-1-5-13-7-10)9-14-8-11-4-2-6-16-11/h1,3,5,7,11-12,14-15H,2,4,6,8-9H2. The van der Waals surface area contributed by atoms with Crippen molar-refractivity contribution in [1.82, 2.24) is 10.3 Å². The first-order chi connectivity index (χ1) is 7.86. The average Bonchev–Trinajstić information content (AvgIpc) is 2.83. The molecule has 2 heterocycles. The lowest BCUT2D eigenvalue weighted by Crippen LogP contribution is -2.29. The van der Waals surface area contributed by atoms with Crippen LogP contribution < -0.4 is 5.32 Å². The monoisotopic (exact) mass is 222 g/mol. The van der Waals surface area contributed by atoms with Crippen LogP contribution in [0.25, 0.3) is 0 Å². The highest BCUT2D eigenvalue weighted by atomic mass is 16.5. The number of hydrogen-bond acceptors (Lipinski definition) is 4. The average molecular weight is 222 g/mol. The number of nitrogens with zero attached hydrogens (tertiary/aromatic N) is 1. The molecule has 1 saturated heterocycles. The lowest BCUT2D eigenvalue weighted by Gasteiger charge is -2.14. The first-order valence-corrected chi connectivity index (χ1v) is 5.76. The van der Waals surface area contributed by atoms with Crippen molar-refractivity contribution in [3.63, 3.8) is 0 Å². The number of pyridine rings is 1. The molecule has 0 saturated carbocycles. The molecule has 0 aliphatic carbocycles. The van der Waals surface area contributed by atoms with Crippen molar-refractivity contribution in [2.45, 2.75) is 25.0 Å². The van der Waals surface area contributed by atoms with Crippen LogP contribution in [0.4, 0.5) is 0 Å². The Labute approximate surface area is 95.7 Å². The minimum Gasteiger partial charge on any atom is -0.387 e. The Balaban J connectivity index is 1.69. The second-order valence-electron chi connectivity index (χ2n) is 4.10. The van der Waals surface area contributed by atoms with E-state index in [4.69, 9.17) is 4.74 Å². The van der Waals surface area contributed by atoms with Crippen molar-refractivity contribution in [2.24, 2.45) is 0 Å². The summed E-state index contributed by atoms with van der Waals surface area (Å²) in [6.07, 6.45) is 5.50. The van der Waals surface area contributed by atoms with Crippen molar-refractivity contribution in [2.75, 3.05) is 19.7 Å². The van der Waals surface area contributed by atoms with Crippen LogP contribution in [0.1, 0.15) is 24.5 Å². The first kappa shape index (κ1) is 11.5. The molecule has 4 heteroatoms. The van der Waals surface area contributed by atoms with Gasteiger partial charge in [0.2, 0.25) is 0 Å². The van der Waals surface area contributed by atoms with E-state index in [1.54, 1.807) is 12.4 Å². The molecule has 0 spiro atoms. The van der Waals surface area contributed by atoms with Gasteiger partial charge in [-0.15, -0.1) is 0 Å². The van der Waals surface area contributed by atoms with Crippen LogP contribution in [0.15, 0.2) is 24.5 Å². The van der Waals surface area contributed by atoms with Gasteiger partial charge in [-0.25, -0.2) is 0 Å². The zero-order chi connectivity index (χ0) is 11.2. The third kappa shape index (κ3) is 3.27. The van der Waals surface area contributed by atoms with Gasteiger partial charge in [-0.3, -0.25) is 4.98 Å². The fourth-order valence-electron chi connectivity index (χ4n) is 1.88. The fraction of sp³-hybridized carbons (Fsp3) is 0.583. The molecule has 1 fully saturated rings. The number of ether oxygens (including phenoxy) is 1. The highest BCUT2D eigenvalue weighted by Gasteiger charge is 2.15. The Bertz CT molecular complexity index is 299. The largest absolute Gasteiger partial charge is 0.387 e. The van der Waals surface area contributed by atoms with Crippen LogP contribution in [0.3, 0.4) is 0 Å². The van der Waals surface area contributed by atoms with E-state index in [2.05, 4.69) is 10.3 Å². The van der Waals surface area contributed by atoms with Gasteiger partial charge in [-0.05, 0) is 18.9 Å². The van der Waals surface area contributed by atoms with E-state index in [0.717, 1.165) is 31.6 Å².